The summed E-state index contributed by atoms with van der Waals surface area (Å²) in [4.78, 5) is 9.83. The van der Waals surface area contributed by atoms with E-state index in [0.717, 1.165) is 48.6 Å². The van der Waals surface area contributed by atoms with Crippen LogP contribution in [-0.2, 0) is 0 Å². The normalized spacial score (nSPS) is 10.9. The van der Waals surface area contributed by atoms with E-state index in [2.05, 4.69) is 140 Å². The van der Waals surface area contributed by atoms with Crippen molar-refractivity contribution in [3.05, 3.63) is 143 Å². The van der Waals surface area contributed by atoms with E-state index in [1.54, 1.807) is 22.7 Å². The molecule has 0 atom stereocenters. The molecule has 43 heavy (non-hydrogen) atoms. The molecule has 7 aromatic rings. The molecule has 4 nitrogen and oxygen atoms in total. The summed E-state index contributed by atoms with van der Waals surface area (Å²) < 4.78 is 0.935. The third-order valence-corrected chi connectivity index (χ3v) is 9.22. The number of benzene rings is 5. The molecule has 0 saturated heterocycles. The number of anilines is 4. The summed E-state index contributed by atoms with van der Waals surface area (Å²) in [5.41, 5.74) is 10.7. The van der Waals surface area contributed by atoms with Crippen LogP contribution in [0.3, 0.4) is 0 Å². The predicted octanol–water partition coefficient (Wildman–Crippen LogP) is 11.5. The standard InChI is InChI=1S/C36H25BrN4S2/c37-31-21-26(38-35-40-33(22-42-35)29-17-9-7-15-27(29)24-11-3-1-4-12-24)19-20-32(31)39-36-41-34(23-43-36)30-18-10-8-16-28(30)25-13-5-2-6-14-25/h1-23H,(H,38,40)(H,39,41). The van der Waals surface area contributed by atoms with Gasteiger partial charge in [0.15, 0.2) is 10.3 Å². The first-order valence-corrected chi connectivity index (χ1v) is 16.3. The van der Waals surface area contributed by atoms with Gasteiger partial charge in [0, 0.05) is 32.0 Å². The lowest BCUT2D eigenvalue weighted by molar-refractivity contribution is 1.37. The largest absolute Gasteiger partial charge is 0.331 e. The predicted molar refractivity (Wildman–Crippen MR) is 187 cm³/mol. The molecule has 2 N–H and O–H groups in total. The maximum atomic E-state index is 4.92. The third kappa shape index (κ3) is 6.01. The van der Waals surface area contributed by atoms with E-state index in [4.69, 9.17) is 9.97 Å². The minimum atomic E-state index is 0.834. The molecule has 208 valence electrons. The topological polar surface area (TPSA) is 49.8 Å². The molecule has 0 unspecified atom stereocenters. The van der Waals surface area contributed by atoms with Crippen LogP contribution in [0.1, 0.15) is 0 Å². The molecular weight excluding hydrogens is 632 g/mol. The summed E-state index contributed by atoms with van der Waals surface area (Å²) >= 11 is 6.93. The monoisotopic (exact) mass is 656 g/mol. The molecule has 0 aliphatic carbocycles. The van der Waals surface area contributed by atoms with E-state index in [-0.39, 0.29) is 0 Å². The molecule has 2 aromatic heterocycles. The zero-order valence-corrected chi connectivity index (χ0v) is 26.1. The summed E-state index contributed by atoms with van der Waals surface area (Å²) in [5, 5.41) is 12.8. The third-order valence-electron chi connectivity index (χ3n) is 7.05. The highest BCUT2D eigenvalue weighted by atomic mass is 79.9. The Balaban J connectivity index is 1.07. The number of halogens is 1. The Morgan fingerprint density at radius 3 is 1.47 bits per heavy atom. The Bertz CT molecular complexity index is 2000. The van der Waals surface area contributed by atoms with Crippen molar-refractivity contribution in [1.82, 2.24) is 9.97 Å². The van der Waals surface area contributed by atoms with Gasteiger partial charge >= 0.3 is 0 Å². The highest BCUT2D eigenvalue weighted by Crippen LogP contribution is 2.37. The SMILES string of the molecule is Brc1cc(Nc2nc(-c3ccccc3-c3ccccc3)cs2)ccc1Nc1nc(-c2ccccc2-c2ccccc2)cs1. The molecule has 7 rings (SSSR count). The first kappa shape index (κ1) is 27.3. The summed E-state index contributed by atoms with van der Waals surface area (Å²) in [6.45, 7) is 0. The highest BCUT2D eigenvalue weighted by Gasteiger charge is 2.13. The van der Waals surface area contributed by atoms with E-state index in [0.29, 0.717) is 0 Å². The average Bonchev–Trinajstić information content (AvgIpc) is 3.73. The van der Waals surface area contributed by atoms with E-state index in [1.807, 2.05) is 24.3 Å². The van der Waals surface area contributed by atoms with Crippen LogP contribution in [0.4, 0.5) is 21.6 Å². The lowest BCUT2D eigenvalue weighted by atomic mass is 9.98. The Morgan fingerprint density at radius 2 is 0.953 bits per heavy atom. The van der Waals surface area contributed by atoms with Crippen LogP contribution >= 0.6 is 38.6 Å². The van der Waals surface area contributed by atoms with Gasteiger partial charge in [-0.05, 0) is 56.4 Å². The number of aromatic nitrogens is 2. The van der Waals surface area contributed by atoms with Crippen LogP contribution in [-0.4, -0.2) is 9.97 Å². The Labute approximate surface area is 266 Å². The molecule has 2 heterocycles. The lowest BCUT2D eigenvalue weighted by Crippen LogP contribution is -1.94. The number of hydrogen-bond acceptors (Lipinski definition) is 6. The minimum Gasteiger partial charge on any atom is -0.331 e. The molecule has 7 heteroatoms. The molecule has 0 aliphatic rings. The van der Waals surface area contributed by atoms with Gasteiger partial charge in [0.2, 0.25) is 0 Å². The fourth-order valence-electron chi connectivity index (χ4n) is 4.99. The van der Waals surface area contributed by atoms with Crippen molar-refractivity contribution in [1.29, 1.82) is 0 Å². The number of nitrogens with one attached hydrogen (secondary N) is 2. The van der Waals surface area contributed by atoms with Crippen LogP contribution in [0.5, 0.6) is 0 Å². The molecule has 0 amide bonds. The fraction of sp³-hybridized carbons (Fsp3) is 0. The maximum Gasteiger partial charge on any atom is 0.187 e. The van der Waals surface area contributed by atoms with Crippen molar-refractivity contribution < 1.29 is 0 Å². The van der Waals surface area contributed by atoms with Gasteiger partial charge in [0.25, 0.3) is 0 Å². The van der Waals surface area contributed by atoms with Crippen LogP contribution in [0.2, 0.25) is 0 Å². The van der Waals surface area contributed by atoms with Gasteiger partial charge in [-0.3, -0.25) is 0 Å². The average molecular weight is 658 g/mol. The van der Waals surface area contributed by atoms with Gasteiger partial charge in [0.05, 0.1) is 17.1 Å². The molecular formula is C36H25BrN4S2. The zero-order valence-electron chi connectivity index (χ0n) is 22.9. The van der Waals surface area contributed by atoms with Crippen LogP contribution in [0, 0.1) is 0 Å². The first-order valence-electron chi connectivity index (χ1n) is 13.8. The second-order valence-corrected chi connectivity index (χ2v) is 12.4. The van der Waals surface area contributed by atoms with Crippen LogP contribution < -0.4 is 10.6 Å². The maximum absolute atomic E-state index is 4.92. The van der Waals surface area contributed by atoms with Gasteiger partial charge in [-0.15, -0.1) is 22.7 Å². The Morgan fingerprint density at radius 1 is 0.488 bits per heavy atom. The van der Waals surface area contributed by atoms with E-state index in [1.165, 1.54) is 22.3 Å². The van der Waals surface area contributed by atoms with Crippen molar-refractivity contribution in [2.24, 2.45) is 0 Å². The first-order chi connectivity index (χ1) is 21.2. The molecule has 0 radical (unpaired) electrons. The van der Waals surface area contributed by atoms with Gasteiger partial charge < -0.3 is 10.6 Å². The van der Waals surface area contributed by atoms with E-state index >= 15 is 0 Å². The quantitative estimate of drug-likeness (QED) is 0.171. The Hall–Kier alpha value is -4.56. The number of nitrogens with zero attached hydrogens (tertiary/aromatic N) is 2. The molecule has 0 aliphatic heterocycles. The molecule has 0 fully saturated rings. The number of thiazole rings is 2. The minimum absolute atomic E-state index is 0.834. The number of rotatable bonds is 8. The zero-order chi connectivity index (χ0) is 29.0. The summed E-state index contributed by atoms with van der Waals surface area (Å²) in [6.07, 6.45) is 0. The number of hydrogen-bond donors (Lipinski definition) is 2. The van der Waals surface area contributed by atoms with Gasteiger partial charge in [-0.1, -0.05) is 109 Å². The van der Waals surface area contributed by atoms with Gasteiger partial charge in [-0.25, -0.2) is 9.97 Å². The van der Waals surface area contributed by atoms with Crippen molar-refractivity contribution in [3.8, 4) is 44.8 Å². The molecule has 0 spiro atoms. The second kappa shape index (κ2) is 12.4. The van der Waals surface area contributed by atoms with Gasteiger partial charge in [-0.2, -0.15) is 0 Å². The molecule has 0 saturated carbocycles. The fourth-order valence-corrected chi connectivity index (χ4v) is 6.93. The summed E-state index contributed by atoms with van der Waals surface area (Å²) in [5.74, 6) is 0. The molecule has 5 aromatic carbocycles. The summed E-state index contributed by atoms with van der Waals surface area (Å²) in [6, 6.07) is 43.8. The van der Waals surface area contributed by atoms with Crippen molar-refractivity contribution in [2.75, 3.05) is 10.6 Å². The van der Waals surface area contributed by atoms with Crippen LogP contribution in [0.25, 0.3) is 44.8 Å². The smallest absolute Gasteiger partial charge is 0.187 e. The second-order valence-electron chi connectivity index (χ2n) is 9.84. The highest BCUT2D eigenvalue weighted by molar-refractivity contribution is 9.10. The van der Waals surface area contributed by atoms with E-state index < -0.39 is 0 Å². The summed E-state index contributed by atoms with van der Waals surface area (Å²) in [7, 11) is 0. The van der Waals surface area contributed by atoms with E-state index in [9.17, 15) is 0 Å². The van der Waals surface area contributed by atoms with Crippen molar-refractivity contribution >= 4 is 60.2 Å². The van der Waals surface area contributed by atoms with Gasteiger partial charge in [0.1, 0.15) is 0 Å². The van der Waals surface area contributed by atoms with Crippen LogP contribution in [0.15, 0.2) is 143 Å². The molecule has 0 bridgehead atoms. The lowest BCUT2D eigenvalue weighted by Gasteiger charge is -2.10. The van der Waals surface area contributed by atoms with Crippen molar-refractivity contribution in [2.45, 2.75) is 0 Å². The van der Waals surface area contributed by atoms with Crippen molar-refractivity contribution in [3.63, 3.8) is 0 Å². The Kier molecular flexibility index (Phi) is 7.84.